The lowest BCUT2D eigenvalue weighted by Gasteiger charge is -2.17. The molecule has 0 aliphatic rings. The van der Waals surface area contributed by atoms with Crippen LogP contribution in [0.1, 0.15) is 33.6 Å². The van der Waals surface area contributed by atoms with Crippen molar-refractivity contribution >= 4 is 5.97 Å². The predicted molar refractivity (Wildman–Crippen MR) is 53.3 cm³/mol. The van der Waals surface area contributed by atoms with E-state index in [1.165, 1.54) is 0 Å². The molecule has 3 heteroatoms. The van der Waals surface area contributed by atoms with Crippen molar-refractivity contribution in [2.75, 3.05) is 6.54 Å². The van der Waals surface area contributed by atoms with Crippen molar-refractivity contribution in [1.29, 1.82) is 0 Å². The van der Waals surface area contributed by atoms with Gasteiger partial charge in [-0.05, 0) is 19.9 Å². The van der Waals surface area contributed by atoms with Crippen molar-refractivity contribution in [1.82, 2.24) is 5.32 Å². The molecule has 13 heavy (non-hydrogen) atoms. The molecule has 0 saturated heterocycles. The van der Waals surface area contributed by atoms with Gasteiger partial charge in [0, 0.05) is 5.57 Å². The van der Waals surface area contributed by atoms with E-state index in [0.717, 1.165) is 19.4 Å². The topological polar surface area (TPSA) is 38.3 Å². The Balaban J connectivity index is 3.93. The predicted octanol–water partition coefficient (Wildman–Crippen LogP) is 1.84. The van der Waals surface area contributed by atoms with E-state index >= 15 is 0 Å². The summed E-state index contributed by atoms with van der Waals surface area (Å²) in [6, 6.07) is 0. The van der Waals surface area contributed by atoms with Gasteiger partial charge in [0.05, 0.1) is 0 Å². The Morgan fingerprint density at radius 2 is 2.15 bits per heavy atom. The van der Waals surface area contributed by atoms with Gasteiger partial charge < -0.3 is 4.74 Å². The van der Waals surface area contributed by atoms with Crippen LogP contribution in [0.4, 0.5) is 0 Å². The van der Waals surface area contributed by atoms with Gasteiger partial charge in [0.15, 0.2) is 6.23 Å². The highest BCUT2D eigenvalue weighted by atomic mass is 16.6. The van der Waals surface area contributed by atoms with Crippen molar-refractivity contribution in [2.45, 2.75) is 39.8 Å². The van der Waals surface area contributed by atoms with Crippen LogP contribution in [0.2, 0.25) is 0 Å². The van der Waals surface area contributed by atoms with Gasteiger partial charge in [0.1, 0.15) is 0 Å². The summed E-state index contributed by atoms with van der Waals surface area (Å²) in [6.45, 7) is 10.0. The van der Waals surface area contributed by atoms with Crippen molar-refractivity contribution in [3.63, 3.8) is 0 Å². The van der Waals surface area contributed by atoms with Crippen molar-refractivity contribution < 1.29 is 9.53 Å². The number of esters is 1. The van der Waals surface area contributed by atoms with E-state index < -0.39 is 0 Å². The average molecular weight is 185 g/mol. The molecule has 0 aliphatic carbocycles. The van der Waals surface area contributed by atoms with Crippen LogP contribution in [-0.4, -0.2) is 18.7 Å². The number of rotatable bonds is 6. The maximum absolute atomic E-state index is 11.1. The molecule has 1 unspecified atom stereocenters. The molecule has 0 rings (SSSR count). The van der Waals surface area contributed by atoms with Gasteiger partial charge in [-0.25, -0.2) is 4.79 Å². The smallest absolute Gasteiger partial charge is 0.334 e. The fourth-order valence-corrected chi connectivity index (χ4v) is 0.922. The lowest BCUT2D eigenvalue weighted by molar-refractivity contribution is -0.146. The third-order valence-corrected chi connectivity index (χ3v) is 1.58. The summed E-state index contributed by atoms with van der Waals surface area (Å²) >= 11 is 0. The first kappa shape index (κ1) is 12.2. The summed E-state index contributed by atoms with van der Waals surface area (Å²) in [6.07, 6.45) is 1.66. The van der Waals surface area contributed by atoms with Crippen LogP contribution in [-0.2, 0) is 9.53 Å². The van der Waals surface area contributed by atoms with E-state index in [4.69, 9.17) is 4.74 Å². The molecular weight excluding hydrogens is 166 g/mol. The molecule has 0 aromatic rings. The summed E-state index contributed by atoms with van der Waals surface area (Å²) in [5.74, 6) is -0.320. The van der Waals surface area contributed by atoms with Crippen LogP contribution in [0.15, 0.2) is 12.2 Å². The monoisotopic (exact) mass is 185 g/mol. The zero-order chi connectivity index (χ0) is 10.3. The number of carbonyl (C=O) groups is 1. The van der Waals surface area contributed by atoms with Crippen LogP contribution >= 0.6 is 0 Å². The largest absolute Gasteiger partial charge is 0.443 e. The molecule has 0 bridgehead atoms. The summed E-state index contributed by atoms with van der Waals surface area (Å²) in [4.78, 5) is 11.1. The minimum Gasteiger partial charge on any atom is -0.443 e. The summed E-state index contributed by atoms with van der Waals surface area (Å²) in [5.41, 5.74) is 0.444. The highest BCUT2D eigenvalue weighted by molar-refractivity contribution is 5.87. The molecule has 76 valence electrons. The maximum atomic E-state index is 11.1. The van der Waals surface area contributed by atoms with Crippen molar-refractivity contribution in [3.8, 4) is 0 Å². The van der Waals surface area contributed by atoms with Crippen LogP contribution in [0.5, 0.6) is 0 Å². The van der Waals surface area contributed by atoms with Gasteiger partial charge in [-0.15, -0.1) is 0 Å². The summed E-state index contributed by atoms with van der Waals surface area (Å²) in [5, 5.41) is 3.09. The van der Waals surface area contributed by atoms with Gasteiger partial charge >= 0.3 is 5.97 Å². The molecule has 0 aromatic heterocycles. The van der Waals surface area contributed by atoms with Gasteiger partial charge in [-0.1, -0.05) is 26.8 Å². The minimum atomic E-state index is -0.320. The zero-order valence-electron chi connectivity index (χ0n) is 8.72. The SMILES string of the molecule is C=C(C)C(=O)OC(CCC)NCC. The molecule has 0 heterocycles. The van der Waals surface area contributed by atoms with Crippen LogP contribution in [0, 0.1) is 0 Å². The Morgan fingerprint density at radius 3 is 2.54 bits per heavy atom. The average Bonchev–Trinajstić information content (AvgIpc) is 2.05. The summed E-state index contributed by atoms with van der Waals surface area (Å²) in [7, 11) is 0. The highest BCUT2D eigenvalue weighted by Crippen LogP contribution is 2.02. The third kappa shape index (κ3) is 5.42. The molecule has 1 N–H and O–H groups in total. The number of carbonyl (C=O) groups excluding carboxylic acids is 1. The van der Waals surface area contributed by atoms with Crippen LogP contribution in [0.25, 0.3) is 0 Å². The first-order valence-electron chi connectivity index (χ1n) is 4.71. The molecule has 0 aromatic carbocycles. The number of hydrogen-bond acceptors (Lipinski definition) is 3. The Kier molecular flexibility index (Phi) is 6.24. The maximum Gasteiger partial charge on any atom is 0.334 e. The lowest BCUT2D eigenvalue weighted by atomic mass is 10.3. The Bertz CT molecular complexity index is 172. The number of hydrogen-bond donors (Lipinski definition) is 1. The van der Waals surface area contributed by atoms with Crippen LogP contribution < -0.4 is 5.32 Å². The second kappa shape index (κ2) is 6.66. The molecular formula is C10H19NO2. The van der Waals surface area contributed by atoms with Crippen molar-refractivity contribution in [2.24, 2.45) is 0 Å². The van der Waals surface area contributed by atoms with E-state index in [1.807, 2.05) is 6.92 Å². The Morgan fingerprint density at radius 1 is 1.54 bits per heavy atom. The van der Waals surface area contributed by atoms with Crippen LogP contribution in [0.3, 0.4) is 0 Å². The third-order valence-electron chi connectivity index (χ3n) is 1.58. The molecule has 0 amide bonds. The first-order chi connectivity index (χ1) is 6.11. The zero-order valence-corrected chi connectivity index (χ0v) is 8.72. The normalized spacial score (nSPS) is 12.2. The lowest BCUT2D eigenvalue weighted by Crippen LogP contribution is -2.33. The van der Waals surface area contributed by atoms with Gasteiger partial charge in [-0.3, -0.25) is 5.32 Å². The molecule has 0 spiro atoms. The highest BCUT2D eigenvalue weighted by Gasteiger charge is 2.11. The minimum absolute atomic E-state index is 0.167. The van der Waals surface area contributed by atoms with Crippen molar-refractivity contribution in [3.05, 3.63) is 12.2 Å². The van der Waals surface area contributed by atoms with E-state index in [0.29, 0.717) is 5.57 Å². The van der Waals surface area contributed by atoms with Gasteiger partial charge in [-0.2, -0.15) is 0 Å². The molecule has 0 aliphatic heterocycles. The first-order valence-corrected chi connectivity index (χ1v) is 4.71. The van der Waals surface area contributed by atoms with E-state index in [-0.39, 0.29) is 12.2 Å². The number of ether oxygens (including phenoxy) is 1. The number of nitrogens with one attached hydrogen (secondary N) is 1. The van der Waals surface area contributed by atoms with Gasteiger partial charge in [0.2, 0.25) is 0 Å². The molecule has 0 saturated carbocycles. The summed E-state index contributed by atoms with van der Waals surface area (Å²) < 4.78 is 5.14. The quantitative estimate of drug-likeness (QED) is 0.390. The Labute approximate surface area is 80.2 Å². The van der Waals surface area contributed by atoms with Gasteiger partial charge in [0.25, 0.3) is 0 Å². The van der Waals surface area contributed by atoms with E-state index in [2.05, 4.69) is 18.8 Å². The fraction of sp³-hybridized carbons (Fsp3) is 0.700. The molecule has 1 atom stereocenters. The molecule has 0 radical (unpaired) electrons. The standard InChI is InChI=1S/C10H19NO2/c1-5-7-9(11-6-2)13-10(12)8(3)4/h9,11H,3,5-7H2,1-2,4H3. The van der Waals surface area contributed by atoms with E-state index in [9.17, 15) is 4.79 Å². The van der Waals surface area contributed by atoms with E-state index in [1.54, 1.807) is 6.92 Å². The Hall–Kier alpha value is -0.830. The second-order valence-corrected chi connectivity index (χ2v) is 3.02. The molecule has 0 fully saturated rings. The second-order valence-electron chi connectivity index (χ2n) is 3.02. The molecule has 3 nitrogen and oxygen atoms in total. The fourth-order valence-electron chi connectivity index (χ4n) is 0.922.